The van der Waals surface area contributed by atoms with Gasteiger partial charge in [0, 0.05) is 37.5 Å². The van der Waals surface area contributed by atoms with Crippen LogP contribution in [0.1, 0.15) is 56.2 Å². The lowest BCUT2D eigenvalue weighted by Gasteiger charge is -2.33. The number of amides is 2. The Kier molecular flexibility index (Phi) is 7.15. The number of nitrogens with zero attached hydrogens (tertiary/aromatic N) is 3. The Morgan fingerprint density at radius 3 is 2.18 bits per heavy atom. The maximum atomic E-state index is 13.8. The molecule has 1 heterocycles. The van der Waals surface area contributed by atoms with Crippen molar-refractivity contribution in [3.05, 3.63) is 70.3 Å². The summed E-state index contributed by atoms with van der Waals surface area (Å²) in [5, 5.41) is 0. The van der Waals surface area contributed by atoms with E-state index in [9.17, 15) is 22.8 Å². The summed E-state index contributed by atoms with van der Waals surface area (Å²) in [5.41, 5.74) is 10.6. The van der Waals surface area contributed by atoms with Gasteiger partial charge in [0.25, 0.3) is 11.8 Å². The molecule has 0 aromatic heterocycles. The molecule has 0 aliphatic carbocycles. The quantitative estimate of drug-likeness (QED) is 0.540. The maximum Gasteiger partial charge on any atom is 0.416 e. The van der Waals surface area contributed by atoms with Gasteiger partial charge < -0.3 is 16.4 Å². The van der Waals surface area contributed by atoms with Crippen molar-refractivity contribution in [2.75, 3.05) is 20.1 Å². The van der Waals surface area contributed by atoms with E-state index in [-0.39, 0.29) is 17.0 Å². The molecule has 0 bridgehead atoms. The van der Waals surface area contributed by atoms with E-state index in [4.69, 9.17) is 11.5 Å². The number of hydrogen-bond donors (Lipinski definition) is 2. The van der Waals surface area contributed by atoms with Crippen LogP contribution in [-0.4, -0.2) is 49.0 Å². The number of benzene rings is 2. The van der Waals surface area contributed by atoms with Crippen molar-refractivity contribution in [3.63, 3.8) is 0 Å². The van der Waals surface area contributed by atoms with Crippen LogP contribution in [0, 0.1) is 0 Å². The maximum absolute atomic E-state index is 13.8. The lowest BCUT2D eigenvalue weighted by atomic mass is 9.85. The monoisotopic (exact) mass is 459 g/mol. The number of alkyl halides is 3. The minimum Gasteiger partial charge on any atom is -0.370 e. The van der Waals surface area contributed by atoms with Gasteiger partial charge >= 0.3 is 6.18 Å². The minimum absolute atomic E-state index is 0.0963. The summed E-state index contributed by atoms with van der Waals surface area (Å²) in [5.74, 6) is -2.03. The molecule has 10 heteroatoms. The van der Waals surface area contributed by atoms with Crippen LogP contribution in [-0.2, 0) is 6.18 Å². The Bertz CT molecular complexity index is 1080. The van der Waals surface area contributed by atoms with Crippen LogP contribution in [0.25, 0.3) is 0 Å². The van der Waals surface area contributed by atoms with Gasteiger partial charge in [-0.2, -0.15) is 18.2 Å². The van der Waals surface area contributed by atoms with Crippen molar-refractivity contribution >= 4 is 24.0 Å². The first-order valence-corrected chi connectivity index (χ1v) is 10.3. The van der Waals surface area contributed by atoms with Crippen LogP contribution in [0.3, 0.4) is 0 Å². The number of rotatable bonds is 4. The van der Waals surface area contributed by atoms with Crippen molar-refractivity contribution in [1.29, 1.82) is 0 Å². The number of guanidine groups is 1. The summed E-state index contributed by atoms with van der Waals surface area (Å²) in [6.07, 6.45) is -2.23. The van der Waals surface area contributed by atoms with Gasteiger partial charge in [-0.15, -0.1) is 0 Å². The number of aliphatic imine (C=N–C) groups is 2. The van der Waals surface area contributed by atoms with Gasteiger partial charge in [0.05, 0.1) is 5.56 Å². The Balaban J connectivity index is 1.76. The van der Waals surface area contributed by atoms with E-state index in [1.807, 2.05) is 0 Å². The average molecular weight is 459 g/mol. The van der Waals surface area contributed by atoms with Crippen LogP contribution in [0.5, 0.6) is 0 Å². The number of carbonyl (C=O) groups is 2. The van der Waals surface area contributed by atoms with E-state index >= 15 is 0 Å². The van der Waals surface area contributed by atoms with Crippen molar-refractivity contribution in [1.82, 2.24) is 4.90 Å². The number of piperidine rings is 1. The van der Waals surface area contributed by atoms with Crippen LogP contribution in [0.15, 0.2) is 52.4 Å². The van der Waals surface area contributed by atoms with Crippen molar-refractivity contribution in [2.45, 2.75) is 24.9 Å². The molecule has 1 aliphatic heterocycles. The van der Waals surface area contributed by atoms with E-state index in [1.165, 1.54) is 12.1 Å². The molecule has 1 saturated heterocycles. The van der Waals surface area contributed by atoms with Gasteiger partial charge in [-0.1, -0.05) is 18.2 Å². The Morgan fingerprint density at radius 1 is 1.03 bits per heavy atom. The van der Waals surface area contributed by atoms with Gasteiger partial charge in [-0.3, -0.25) is 14.6 Å². The summed E-state index contributed by atoms with van der Waals surface area (Å²) in [4.78, 5) is 33.6. The molecule has 0 atom stereocenters. The van der Waals surface area contributed by atoms with Crippen LogP contribution in [0.4, 0.5) is 13.2 Å². The molecule has 0 radical (unpaired) electrons. The highest BCUT2D eigenvalue weighted by atomic mass is 19.4. The standard InChI is InChI=1S/C23H24F3N5O2/c1-29-13-14-2-4-16(5-3-14)21(33)31-10-8-15(9-11-31)18-7-6-17(20(32)30-22(27)28)12-19(18)23(24,25)26/h2-7,12-13,15H,8-11H2,1H3,(H4,27,28,30,32). The normalized spacial score (nSPS) is 15.0. The second-order valence-corrected chi connectivity index (χ2v) is 7.72. The topological polar surface area (TPSA) is 114 Å². The van der Waals surface area contributed by atoms with Crippen LogP contribution in [0.2, 0.25) is 0 Å². The van der Waals surface area contributed by atoms with Gasteiger partial charge in [-0.25, -0.2) is 0 Å². The first-order chi connectivity index (χ1) is 15.6. The van der Waals surface area contributed by atoms with E-state index < -0.39 is 29.5 Å². The summed E-state index contributed by atoms with van der Waals surface area (Å²) in [6.45, 7) is 0.654. The summed E-state index contributed by atoms with van der Waals surface area (Å²) in [7, 11) is 1.66. The first-order valence-electron chi connectivity index (χ1n) is 10.3. The number of hydrogen-bond acceptors (Lipinski definition) is 3. The zero-order valence-electron chi connectivity index (χ0n) is 18.0. The summed E-state index contributed by atoms with van der Waals surface area (Å²) < 4.78 is 41.3. The molecule has 174 valence electrons. The zero-order valence-corrected chi connectivity index (χ0v) is 18.0. The Morgan fingerprint density at radius 2 is 1.64 bits per heavy atom. The van der Waals surface area contributed by atoms with Crippen LogP contribution < -0.4 is 11.5 Å². The molecule has 2 amide bonds. The molecule has 3 rings (SSSR count). The zero-order chi connectivity index (χ0) is 24.2. The fourth-order valence-corrected chi connectivity index (χ4v) is 3.91. The molecule has 7 nitrogen and oxygen atoms in total. The molecule has 2 aromatic carbocycles. The largest absolute Gasteiger partial charge is 0.416 e. The van der Waals surface area contributed by atoms with Crippen LogP contribution >= 0.6 is 0 Å². The Labute approximate surface area is 189 Å². The number of nitrogens with two attached hydrogens (primary N) is 2. The highest BCUT2D eigenvalue weighted by Gasteiger charge is 2.37. The third-order valence-electron chi connectivity index (χ3n) is 5.49. The molecule has 1 aliphatic rings. The van der Waals surface area contributed by atoms with E-state index in [1.54, 1.807) is 42.4 Å². The third kappa shape index (κ3) is 5.76. The molecule has 2 aromatic rings. The summed E-state index contributed by atoms with van der Waals surface area (Å²) in [6, 6.07) is 10.4. The Hall–Kier alpha value is -3.69. The summed E-state index contributed by atoms with van der Waals surface area (Å²) >= 11 is 0. The number of likely N-dealkylation sites (tertiary alicyclic amines) is 1. The van der Waals surface area contributed by atoms with E-state index in [2.05, 4.69) is 9.98 Å². The molecule has 0 saturated carbocycles. The molecule has 0 spiro atoms. The van der Waals surface area contributed by atoms with E-state index in [0.29, 0.717) is 31.5 Å². The lowest BCUT2D eigenvalue weighted by molar-refractivity contribution is -0.138. The fraction of sp³-hybridized carbons (Fsp3) is 0.304. The predicted molar refractivity (Wildman–Crippen MR) is 119 cm³/mol. The van der Waals surface area contributed by atoms with Crippen molar-refractivity contribution in [3.8, 4) is 0 Å². The average Bonchev–Trinajstić information content (AvgIpc) is 2.78. The number of carbonyl (C=O) groups excluding carboxylic acids is 2. The van der Waals surface area contributed by atoms with E-state index in [0.717, 1.165) is 11.6 Å². The second kappa shape index (κ2) is 9.85. The first kappa shape index (κ1) is 24.0. The molecule has 0 unspecified atom stereocenters. The fourth-order valence-electron chi connectivity index (χ4n) is 3.91. The second-order valence-electron chi connectivity index (χ2n) is 7.72. The van der Waals surface area contributed by atoms with Gasteiger partial charge in [0.2, 0.25) is 0 Å². The highest BCUT2D eigenvalue weighted by Crippen LogP contribution is 2.39. The molecule has 33 heavy (non-hydrogen) atoms. The lowest BCUT2D eigenvalue weighted by Crippen LogP contribution is -2.38. The van der Waals surface area contributed by atoms with Gasteiger partial charge in [-0.05, 0) is 54.2 Å². The molecular formula is C23H24F3N5O2. The highest BCUT2D eigenvalue weighted by molar-refractivity contribution is 6.02. The minimum atomic E-state index is -4.65. The third-order valence-corrected chi connectivity index (χ3v) is 5.49. The number of halogens is 3. The SMILES string of the molecule is CN=Cc1ccc(C(=O)N2CCC(c3ccc(C(=O)N=C(N)N)cc3C(F)(F)F)CC2)cc1. The van der Waals surface area contributed by atoms with Crippen molar-refractivity contribution in [2.24, 2.45) is 21.5 Å². The molecule has 1 fully saturated rings. The van der Waals surface area contributed by atoms with Gasteiger partial charge in [0.1, 0.15) is 0 Å². The van der Waals surface area contributed by atoms with Crippen molar-refractivity contribution < 1.29 is 22.8 Å². The molecular weight excluding hydrogens is 435 g/mol. The smallest absolute Gasteiger partial charge is 0.370 e. The molecule has 4 N–H and O–H groups in total. The van der Waals surface area contributed by atoms with Gasteiger partial charge in [0.15, 0.2) is 5.96 Å². The predicted octanol–water partition coefficient (Wildman–Crippen LogP) is 3.19.